The number of carbonyl (C=O) groups excluding carboxylic acids is 3. The highest BCUT2D eigenvalue weighted by Crippen LogP contribution is 2.36. The Morgan fingerprint density at radius 3 is 2.16 bits per heavy atom. The fourth-order valence-corrected chi connectivity index (χ4v) is 4.17. The van der Waals surface area contributed by atoms with Crippen molar-refractivity contribution in [3.05, 3.63) is 108 Å². The zero-order valence-electron chi connectivity index (χ0n) is 24.5. The van der Waals surface area contributed by atoms with E-state index in [4.69, 9.17) is 23.7 Å². The summed E-state index contributed by atoms with van der Waals surface area (Å²) in [4.78, 5) is 41.9. The fourth-order valence-electron chi connectivity index (χ4n) is 4.17. The Hall–Kier alpha value is -5.45. The Balaban J connectivity index is 1.57. The second-order valence-corrected chi connectivity index (χ2v) is 9.57. The van der Waals surface area contributed by atoms with E-state index in [-0.39, 0.29) is 22.9 Å². The number of pyridine rings is 1. The van der Waals surface area contributed by atoms with Gasteiger partial charge in [-0.05, 0) is 50.2 Å². The number of methoxy groups -OCH3 is 1. The van der Waals surface area contributed by atoms with E-state index in [0.717, 1.165) is 0 Å². The van der Waals surface area contributed by atoms with E-state index >= 15 is 0 Å². The molecule has 11 heteroatoms. The summed E-state index contributed by atoms with van der Waals surface area (Å²) in [5, 5.41) is 2.51. The Morgan fingerprint density at radius 1 is 0.864 bits per heavy atom. The van der Waals surface area contributed by atoms with Crippen molar-refractivity contribution in [2.45, 2.75) is 39.0 Å². The van der Waals surface area contributed by atoms with Crippen LogP contribution in [0.15, 0.2) is 91.1 Å². The topological polar surface area (TPSA) is 122 Å². The minimum absolute atomic E-state index is 0.109. The summed E-state index contributed by atoms with van der Waals surface area (Å²) in [5.74, 6) is -1.78. The van der Waals surface area contributed by atoms with Crippen molar-refractivity contribution in [3.63, 3.8) is 0 Å². The second kappa shape index (κ2) is 14.6. The first-order valence-electron chi connectivity index (χ1n) is 13.6. The minimum Gasteiger partial charge on any atom is -0.493 e. The van der Waals surface area contributed by atoms with Crippen LogP contribution in [0.5, 0.6) is 28.7 Å². The van der Waals surface area contributed by atoms with Crippen molar-refractivity contribution in [1.82, 2.24) is 10.3 Å². The third-order valence-electron chi connectivity index (χ3n) is 6.24. The standard InChI is InChI=1S/C33H31FN2O8/c1-20(36-32(38)29-31(42-22(3)37)27(40-4)17-18-35-29)33(39)41-21(2)30(44-25-13-9-6-10-14-25)26-16-15-23(34)19-28(26)43-24-11-7-5-8-12-24/h5-21,30H,1-4H3,(H,36,38)/t20-,21-,30-/m0/s1. The van der Waals surface area contributed by atoms with Crippen molar-refractivity contribution in [2.24, 2.45) is 0 Å². The van der Waals surface area contributed by atoms with Crippen molar-refractivity contribution in [3.8, 4) is 28.7 Å². The predicted octanol–water partition coefficient (Wildman–Crippen LogP) is 5.82. The van der Waals surface area contributed by atoms with Gasteiger partial charge in [-0.25, -0.2) is 14.2 Å². The van der Waals surface area contributed by atoms with Crippen LogP contribution < -0.4 is 24.3 Å². The highest BCUT2D eigenvalue weighted by Gasteiger charge is 2.31. The fraction of sp³-hybridized carbons (Fsp3) is 0.212. The molecule has 0 radical (unpaired) electrons. The van der Waals surface area contributed by atoms with Gasteiger partial charge in [0.25, 0.3) is 5.91 Å². The molecule has 0 saturated heterocycles. The number of rotatable bonds is 12. The van der Waals surface area contributed by atoms with Gasteiger partial charge in [-0.3, -0.25) is 9.59 Å². The monoisotopic (exact) mass is 602 g/mol. The van der Waals surface area contributed by atoms with Crippen LogP contribution in [0.4, 0.5) is 4.39 Å². The normalized spacial score (nSPS) is 12.7. The molecule has 0 aliphatic carbocycles. The van der Waals surface area contributed by atoms with Crippen molar-refractivity contribution < 1.29 is 42.5 Å². The summed E-state index contributed by atoms with van der Waals surface area (Å²) >= 11 is 0. The summed E-state index contributed by atoms with van der Waals surface area (Å²) in [6, 6.07) is 21.9. The van der Waals surface area contributed by atoms with Gasteiger partial charge in [0.15, 0.2) is 17.5 Å². The van der Waals surface area contributed by atoms with Gasteiger partial charge in [-0.1, -0.05) is 36.4 Å². The highest BCUT2D eigenvalue weighted by atomic mass is 19.1. The molecule has 0 aliphatic heterocycles. The molecule has 0 saturated carbocycles. The van der Waals surface area contributed by atoms with E-state index in [0.29, 0.717) is 17.1 Å². The van der Waals surface area contributed by atoms with Crippen LogP contribution in [0.2, 0.25) is 0 Å². The average Bonchev–Trinajstić information content (AvgIpc) is 3.01. The maximum absolute atomic E-state index is 14.4. The largest absolute Gasteiger partial charge is 0.493 e. The number of nitrogens with zero attached hydrogens (tertiary/aromatic N) is 1. The molecule has 0 aliphatic rings. The quantitative estimate of drug-likeness (QED) is 0.200. The number of hydrogen-bond donors (Lipinski definition) is 1. The summed E-state index contributed by atoms with van der Waals surface area (Å²) in [7, 11) is 1.34. The predicted molar refractivity (Wildman–Crippen MR) is 157 cm³/mol. The number of hydrogen-bond acceptors (Lipinski definition) is 9. The highest BCUT2D eigenvalue weighted by molar-refractivity contribution is 5.98. The molecular formula is C33H31FN2O8. The number of amides is 1. The molecule has 3 atom stereocenters. The number of esters is 2. The molecule has 228 valence electrons. The van der Waals surface area contributed by atoms with E-state index in [9.17, 15) is 18.8 Å². The number of carbonyl (C=O) groups is 3. The molecule has 4 aromatic rings. The third-order valence-corrected chi connectivity index (χ3v) is 6.24. The summed E-state index contributed by atoms with van der Waals surface area (Å²) < 4.78 is 42.7. The van der Waals surface area contributed by atoms with E-state index in [1.807, 2.05) is 12.1 Å². The number of ether oxygens (including phenoxy) is 5. The smallest absolute Gasteiger partial charge is 0.328 e. The molecule has 1 aromatic heterocycles. The van der Waals surface area contributed by atoms with Gasteiger partial charge >= 0.3 is 11.9 Å². The number of nitrogens with one attached hydrogen (secondary N) is 1. The Kier molecular flexibility index (Phi) is 10.5. The van der Waals surface area contributed by atoms with Crippen LogP contribution in [0, 0.1) is 5.82 Å². The first kappa shape index (κ1) is 31.5. The molecule has 4 rings (SSSR count). The van der Waals surface area contributed by atoms with Crippen LogP contribution in [-0.4, -0.2) is 42.1 Å². The van der Waals surface area contributed by atoms with Crippen LogP contribution >= 0.6 is 0 Å². The lowest BCUT2D eigenvalue weighted by Crippen LogP contribution is -2.42. The second-order valence-electron chi connectivity index (χ2n) is 9.57. The van der Waals surface area contributed by atoms with Gasteiger partial charge in [0.1, 0.15) is 35.2 Å². The van der Waals surface area contributed by atoms with Crippen molar-refractivity contribution >= 4 is 17.8 Å². The zero-order valence-corrected chi connectivity index (χ0v) is 24.5. The molecule has 1 amide bonds. The molecule has 1 heterocycles. The van der Waals surface area contributed by atoms with E-state index in [2.05, 4.69) is 10.3 Å². The van der Waals surface area contributed by atoms with Gasteiger partial charge < -0.3 is 29.0 Å². The summed E-state index contributed by atoms with van der Waals surface area (Å²) in [5.41, 5.74) is 0.161. The van der Waals surface area contributed by atoms with Crippen LogP contribution in [0.1, 0.15) is 42.9 Å². The first-order chi connectivity index (χ1) is 21.2. The van der Waals surface area contributed by atoms with E-state index in [1.54, 1.807) is 55.5 Å². The SMILES string of the molecule is COc1ccnc(C(=O)N[C@@H](C)C(=O)O[C@@H](C)[C@H](Oc2ccccc2)c2ccc(F)cc2Oc2ccccc2)c1OC(C)=O. The van der Waals surface area contributed by atoms with Gasteiger partial charge in [0, 0.05) is 30.8 Å². The molecule has 1 N–H and O–H groups in total. The maximum Gasteiger partial charge on any atom is 0.328 e. The lowest BCUT2D eigenvalue weighted by Gasteiger charge is -2.28. The molecule has 44 heavy (non-hydrogen) atoms. The Morgan fingerprint density at radius 2 is 1.52 bits per heavy atom. The maximum atomic E-state index is 14.4. The number of halogens is 1. The Labute approximate surface area is 253 Å². The molecular weight excluding hydrogens is 571 g/mol. The van der Waals surface area contributed by atoms with Crippen molar-refractivity contribution in [1.29, 1.82) is 0 Å². The third kappa shape index (κ3) is 8.09. The average molecular weight is 603 g/mol. The number of para-hydroxylation sites is 2. The van der Waals surface area contributed by atoms with Gasteiger partial charge in [0.2, 0.25) is 5.75 Å². The van der Waals surface area contributed by atoms with Crippen LogP contribution in [-0.2, 0) is 14.3 Å². The Bertz CT molecular complexity index is 1600. The van der Waals surface area contributed by atoms with Crippen LogP contribution in [0.25, 0.3) is 0 Å². The first-order valence-corrected chi connectivity index (χ1v) is 13.6. The zero-order chi connectivity index (χ0) is 31.6. The molecule has 0 unspecified atom stereocenters. The molecule has 3 aromatic carbocycles. The van der Waals surface area contributed by atoms with Crippen LogP contribution in [0.3, 0.4) is 0 Å². The lowest BCUT2D eigenvalue weighted by molar-refractivity contribution is -0.154. The summed E-state index contributed by atoms with van der Waals surface area (Å²) in [6.45, 7) is 4.20. The molecule has 10 nitrogen and oxygen atoms in total. The van der Waals surface area contributed by atoms with Crippen molar-refractivity contribution in [2.75, 3.05) is 7.11 Å². The number of aromatic nitrogens is 1. The lowest BCUT2D eigenvalue weighted by atomic mass is 10.0. The van der Waals surface area contributed by atoms with Gasteiger partial charge in [-0.2, -0.15) is 0 Å². The van der Waals surface area contributed by atoms with E-state index < -0.39 is 41.9 Å². The van der Waals surface area contributed by atoms with E-state index in [1.165, 1.54) is 51.4 Å². The summed E-state index contributed by atoms with van der Waals surface area (Å²) in [6.07, 6.45) is -0.592. The van der Waals surface area contributed by atoms with Gasteiger partial charge in [0.05, 0.1) is 7.11 Å². The minimum atomic E-state index is -1.16. The van der Waals surface area contributed by atoms with Gasteiger partial charge in [-0.15, -0.1) is 0 Å². The number of benzene rings is 3. The molecule has 0 bridgehead atoms. The molecule has 0 fully saturated rings. The molecule has 0 spiro atoms.